The van der Waals surface area contributed by atoms with E-state index in [0.717, 1.165) is 21.4 Å². The zero-order chi connectivity index (χ0) is 15.6. The summed E-state index contributed by atoms with van der Waals surface area (Å²) >= 11 is 4.78. The summed E-state index contributed by atoms with van der Waals surface area (Å²) in [5.74, 6) is -0.538. The molecule has 112 valence electrons. The summed E-state index contributed by atoms with van der Waals surface area (Å²) in [5.41, 5.74) is 3.21. The molecule has 0 unspecified atom stereocenters. The van der Waals surface area contributed by atoms with Crippen LogP contribution in [0.5, 0.6) is 0 Å². The Morgan fingerprint density at radius 2 is 2.19 bits per heavy atom. The lowest BCUT2D eigenvalue weighted by molar-refractivity contribution is -0.133. The number of imidazole rings is 1. The molecule has 0 amide bonds. The van der Waals surface area contributed by atoms with E-state index in [1.807, 2.05) is 35.9 Å². The molecule has 0 fully saturated rings. The van der Waals surface area contributed by atoms with E-state index in [0.29, 0.717) is 11.1 Å². The average Bonchev–Trinajstić information content (AvgIpc) is 2.83. The second kappa shape index (κ2) is 6.66. The van der Waals surface area contributed by atoms with Crippen molar-refractivity contribution in [1.29, 1.82) is 0 Å². The summed E-state index contributed by atoms with van der Waals surface area (Å²) < 4.78 is 3.06. The number of halogens is 1. The lowest BCUT2D eigenvalue weighted by atomic mass is 10.1. The Morgan fingerprint density at radius 3 is 2.76 bits per heavy atom. The largest absolute Gasteiger partial charge is 0.481 e. The van der Waals surface area contributed by atoms with E-state index in [9.17, 15) is 4.79 Å². The number of carboxylic acids is 1. The van der Waals surface area contributed by atoms with Gasteiger partial charge in [-0.25, -0.2) is 4.98 Å². The van der Waals surface area contributed by atoms with Gasteiger partial charge < -0.3 is 5.11 Å². The number of aliphatic carboxylic acids is 1. The van der Waals surface area contributed by atoms with Gasteiger partial charge in [0.1, 0.15) is 0 Å². The van der Waals surface area contributed by atoms with E-state index in [4.69, 9.17) is 5.11 Å². The Kier molecular flexibility index (Phi) is 5.11. The van der Waals surface area contributed by atoms with Gasteiger partial charge in [-0.1, -0.05) is 47.6 Å². The molecule has 1 N–H and O–H groups in total. The summed E-state index contributed by atoms with van der Waals surface area (Å²) in [7, 11) is 0. The number of hydrogen-bond acceptors (Lipinski definition) is 3. The molecule has 0 aliphatic carbocycles. The monoisotopic (exact) mass is 368 g/mol. The topological polar surface area (TPSA) is 55.1 Å². The van der Waals surface area contributed by atoms with Gasteiger partial charge in [0.15, 0.2) is 5.16 Å². The fourth-order valence-corrected chi connectivity index (χ4v) is 3.05. The highest BCUT2D eigenvalue weighted by atomic mass is 79.9. The van der Waals surface area contributed by atoms with Crippen molar-refractivity contribution in [3.63, 3.8) is 0 Å². The van der Waals surface area contributed by atoms with E-state index < -0.39 is 5.97 Å². The summed E-state index contributed by atoms with van der Waals surface area (Å²) in [6, 6.07) is 6.10. The first-order chi connectivity index (χ1) is 9.90. The van der Waals surface area contributed by atoms with Crippen LogP contribution in [0.2, 0.25) is 0 Å². The fourth-order valence-electron chi connectivity index (χ4n) is 1.96. The van der Waals surface area contributed by atoms with E-state index >= 15 is 0 Å². The predicted molar refractivity (Wildman–Crippen MR) is 88.4 cm³/mol. The van der Waals surface area contributed by atoms with Crippen LogP contribution in [0, 0.1) is 6.92 Å². The van der Waals surface area contributed by atoms with Crippen molar-refractivity contribution >= 4 is 33.7 Å². The van der Waals surface area contributed by atoms with Crippen molar-refractivity contribution in [3.8, 4) is 5.69 Å². The Labute approximate surface area is 136 Å². The van der Waals surface area contributed by atoms with Gasteiger partial charge in [-0.15, -0.1) is 0 Å². The molecule has 0 radical (unpaired) electrons. The molecule has 2 rings (SSSR count). The van der Waals surface area contributed by atoms with Crippen LogP contribution in [-0.2, 0) is 4.79 Å². The number of carboxylic acid groups (broad SMARTS) is 1. The highest BCUT2D eigenvalue weighted by molar-refractivity contribution is 9.10. The van der Waals surface area contributed by atoms with Crippen molar-refractivity contribution in [2.24, 2.45) is 0 Å². The number of benzene rings is 1. The van der Waals surface area contributed by atoms with Crippen molar-refractivity contribution in [1.82, 2.24) is 9.55 Å². The minimum atomic E-state index is -0.842. The molecule has 0 aliphatic rings. The SMILES string of the molecule is Cc1ccc(-n2c(C(C)C)cnc2SCC(=O)O)cc1Br. The van der Waals surface area contributed by atoms with E-state index in [2.05, 4.69) is 34.8 Å². The Morgan fingerprint density at radius 1 is 1.48 bits per heavy atom. The zero-order valence-corrected chi connectivity index (χ0v) is 14.5. The minimum absolute atomic E-state index is 0.00157. The van der Waals surface area contributed by atoms with Crippen molar-refractivity contribution in [2.45, 2.75) is 31.8 Å². The molecule has 0 atom stereocenters. The summed E-state index contributed by atoms with van der Waals surface area (Å²) in [6.07, 6.45) is 1.82. The van der Waals surface area contributed by atoms with Crippen LogP contribution in [-0.4, -0.2) is 26.4 Å². The number of carbonyl (C=O) groups is 1. The molecule has 1 aromatic carbocycles. The third kappa shape index (κ3) is 3.68. The molecule has 0 bridgehead atoms. The zero-order valence-electron chi connectivity index (χ0n) is 12.1. The van der Waals surface area contributed by atoms with Crippen LogP contribution in [0.4, 0.5) is 0 Å². The van der Waals surface area contributed by atoms with Gasteiger partial charge in [-0.05, 0) is 30.5 Å². The maximum atomic E-state index is 10.8. The van der Waals surface area contributed by atoms with E-state index in [-0.39, 0.29) is 5.75 Å². The van der Waals surface area contributed by atoms with Gasteiger partial charge in [-0.3, -0.25) is 9.36 Å². The van der Waals surface area contributed by atoms with Crippen LogP contribution in [0.1, 0.15) is 31.0 Å². The Bertz CT molecular complexity index is 668. The molecular weight excluding hydrogens is 352 g/mol. The molecule has 2 aromatic rings. The molecule has 4 nitrogen and oxygen atoms in total. The molecule has 21 heavy (non-hydrogen) atoms. The molecule has 0 saturated heterocycles. The summed E-state index contributed by atoms with van der Waals surface area (Å²) in [6.45, 7) is 6.23. The van der Waals surface area contributed by atoms with Crippen LogP contribution in [0.15, 0.2) is 34.0 Å². The van der Waals surface area contributed by atoms with E-state index in [1.165, 1.54) is 11.8 Å². The first kappa shape index (κ1) is 16.1. The first-order valence-electron chi connectivity index (χ1n) is 6.59. The molecule has 1 aromatic heterocycles. The first-order valence-corrected chi connectivity index (χ1v) is 8.36. The molecule has 0 spiro atoms. The number of rotatable bonds is 5. The molecular formula is C15H17BrN2O2S. The van der Waals surface area contributed by atoms with Crippen LogP contribution in [0.3, 0.4) is 0 Å². The third-order valence-electron chi connectivity index (χ3n) is 3.09. The number of thioether (sulfide) groups is 1. The van der Waals surface area contributed by atoms with Gasteiger partial charge in [-0.2, -0.15) is 0 Å². The van der Waals surface area contributed by atoms with Gasteiger partial charge in [0, 0.05) is 15.9 Å². The smallest absolute Gasteiger partial charge is 0.313 e. The minimum Gasteiger partial charge on any atom is -0.481 e. The normalized spacial score (nSPS) is 11.1. The maximum absolute atomic E-state index is 10.8. The standard InChI is InChI=1S/C15H17BrN2O2S/c1-9(2)13-7-17-15(21-8-14(19)20)18(13)11-5-4-10(3)12(16)6-11/h4-7,9H,8H2,1-3H3,(H,19,20). The van der Waals surface area contributed by atoms with E-state index in [1.54, 1.807) is 0 Å². The predicted octanol–water partition coefficient (Wildman–Crippen LogP) is 4.24. The van der Waals surface area contributed by atoms with Crippen LogP contribution in [0.25, 0.3) is 5.69 Å². The molecule has 6 heteroatoms. The fraction of sp³-hybridized carbons (Fsp3) is 0.333. The molecule has 1 heterocycles. The van der Waals surface area contributed by atoms with Crippen molar-refractivity contribution < 1.29 is 9.90 Å². The van der Waals surface area contributed by atoms with Crippen molar-refractivity contribution in [2.75, 3.05) is 5.75 Å². The van der Waals surface area contributed by atoms with Gasteiger partial charge >= 0.3 is 5.97 Å². The highest BCUT2D eigenvalue weighted by Gasteiger charge is 2.16. The Hall–Kier alpha value is -1.27. The second-order valence-electron chi connectivity index (χ2n) is 5.07. The van der Waals surface area contributed by atoms with Gasteiger partial charge in [0.05, 0.1) is 11.9 Å². The molecule has 0 saturated carbocycles. The number of aryl methyl sites for hydroxylation is 1. The summed E-state index contributed by atoms with van der Waals surface area (Å²) in [4.78, 5) is 15.2. The highest BCUT2D eigenvalue weighted by Crippen LogP contribution is 2.29. The van der Waals surface area contributed by atoms with Crippen LogP contribution >= 0.6 is 27.7 Å². The number of nitrogens with zero attached hydrogens (tertiary/aromatic N) is 2. The van der Waals surface area contributed by atoms with Crippen LogP contribution < -0.4 is 0 Å². The third-order valence-corrected chi connectivity index (χ3v) is 4.88. The van der Waals surface area contributed by atoms with Crippen molar-refractivity contribution in [3.05, 3.63) is 40.1 Å². The number of hydrogen-bond donors (Lipinski definition) is 1. The average molecular weight is 369 g/mol. The molecule has 0 aliphatic heterocycles. The van der Waals surface area contributed by atoms with Gasteiger partial charge in [0.25, 0.3) is 0 Å². The number of aromatic nitrogens is 2. The van der Waals surface area contributed by atoms with Gasteiger partial charge in [0.2, 0.25) is 0 Å². The lowest BCUT2D eigenvalue weighted by Crippen LogP contribution is -2.05. The summed E-state index contributed by atoms with van der Waals surface area (Å²) in [5, 5.41) is 9.57. The second-order valence-corrected chi connectivity index (χ2v) is 6.87. The quantitative estimate of drug-likeness (QED) is 0.801. The Balaban J connectivity index is 2.49. The maximum Gasteiger partial charge on any atom is 0.313 e. The lowest BCUT2D eigenvalue weighted by Gasteiger charge is -2.14.